The van der Waals surface area contributed by atoms with Gasteiger partial charge in [-0.2, -0.15) is 9.77 Å². The molecule has 0 aliphatic carbocycles. The molecular weight excluding hydrogens is 298 g/mol. The fourth-order valence-electron chi connectivity index (χ4n) is 2.49. The molecule has 0 bridgehead atoms. The molecule has 0 saturated carbocycles. The summed E-state index contributed by atoms with van der Waals surface area (Å²) in [5.74, 6) is 5.71. The zero-order valence-corrected chi connectivity index (χ0v) is 12.0. The van der Waals surface area contributed by atoms with Crippen molar-refractivity contribution in [1.29, 1.82) is 0 Å². The van der Waals surface area contributed by atoms with Crippen molar-refractivity contribution in [3.05, 3.63) is 62.9 Å². The van der Waals surface area contributed by atoms with E-state index in [0.29, 0.717) is 11.3 Å². The van der Waals surface area contributed by atoms with E-state index in [0.717, 1.165) is 4.68 Å². The summed E-state index contributed by atoms with van der Waals surface area (Å²) in [6.45, 7) is 1.54. The molecule has 0 atom stereocenters. The van der Waals surface area contributed by atoms with E-state index < -0.39 is 11.1 Å². The number of aryl methyl sites for hydroxylation is 1. The SMILES string of the molecule is Cc1nnc2n(N)c(=O)c3cnn(-c4ccccc4)c3n2c1=O. The van der Waals surface area contributed by atoms with Crippen molar-refractivity contribution < 1.29 is 0 Å². The van der Waals surface area contributed by atoms with E-state index in [2.05, 4.69) is 15.3 Å². The Morgan fingerprint density at radius 1 is 1.04 bits per heavy atom. The minimum Gasteiger partial charge on any atom is -0.333 e. The van der Waals surface area contributed by atoms with Gasteiger partial charge in [0, 0.05) is 0 Å². The lowest BCUT2D eigenvalue weighted by molar-refractivity contribution is 0.801. The van der Waals surface area contributed by atoms with Crippen LogP contribution >= 0.6 is 0 Å². The van der Waals surface area contributed by atoms with Crippen molar-refractivity contribution in [3.63, 3.8) is 0 Å². The van der Waals surface area contributed by atoms with Crippen LogP contribution in [0.3, 0.4) is 0 Å². The lowest BCUT2D eigenvalue weighted by atomic mass is 10.3. The van der Waals surface area contributed by atoms with Crippen LogP contribution in [0.2, 0.25) is 0 Å². The molecule has 9 nitrogen and oxygen atoms in total. The quantitative estimate of drug-likeness (QED) is 0.479. The molecule has 0 aliphatic heterocycles. The monoisotopic (exact) mass is 309 g/mol. The number of fused-ring (bicyclic) bond motifs is 3. The van der Waals surface area contributed by atoms with Crippen molar-refractivity contribution in [2.24, 2.45) is 0 Å². The molecule has 23 heavy (non-hydrogen) atoms. The van der Waals surface area contributed by atoms with Crippen molar-refractivity contribution in [2.75, 3.05) is 5.84 Å². The molecule has 3 aromatic heterocycles. The summed E-state index contributed by atoms with van der Waals surface area (Å²) >= 11 is 0. The smallest absolute Gasteiger partial charge is 0.284 e. The minimum atomic E-state index is -0.500. The minimum absolute atomic E-state index is 0.0456. The van der Waals surface area contributed by atoms with Gasteiger partial charge in [0.1, 0.15) is 11.1 Å². The Balaban J connectivity index is 2.32. The maximum atomic E-state index is 12.5. The lowest BCUT2D eigenvalue weighted by Gasteiger charge is -2.09. The van der Waals surface area contributed by atoms with Crippen molar-refractivity contribution in [3.8, 4) is 5.69 Å². The molecule has 4 aromatic rings. The maximum Gasteiger partial charge on any atom is 0.284 e. The Morgan fingerprint density at radius 3 is 2.52 bits per heavy atom. The molecule has 2 N–H and O–H groups in total. The van der Waals surface area contributed by atoms with Crippen LogP contribution in [0.4, 0.5) is 0 Å². The van der Waals surface area contributed by atoms with Gasteiger partial charge in [-0.3, -0.25) is 9.59 Å². The third-order valence-corrected chi connectivity index (χ3v) is 3.62. The first-order chi connectivity index (χ1) is 11.1. The van der Waals surface area contributed by atoms with E-state index in [9.17, 15) is 9.59 Å². The Hall–Kier alpha value is -3.49. The van der Waals surface area contributed by atoms with Gasteiger partial charge in [0.25, 0.3) is 16.9 Å². The normalized spacial score (nSPS) is 11.3. The number of aromatic nitrogens is 6. The fraction of sp³-hybridized carbons (Fsp3) is 0.0714. The van der Waals surface area contributed by atoms with Gasteiger partial charge in [-0.25, -0.2) is 9.08 Å². The van der Waals surface area contributed by atoms with Gasteiger partial charge in [0.2, 0.25) is 0 Å². The first-order valence-corrected chi connectivity index (χ1v) is 6.79. The first-order valence-electron chi connectivity index (χ1n) is 6.79. The topological polar surface area (TPSA) is 113 Å². The number of para-hydroxylation sites is 1. The number of rotatable bonds is 1. The second-order valence-electron chi connectivity index (χ2n) is 5.03. The molecule has 0 aliphatic rings. The number of benzene rings is 1. The van der Waals surface area contributed by atoms with E-state index in [4.69, 9.17) is 5.84 Å². The van der Waals surface area contributed by atoms with Gasteiger partial charge < -0.3 is 5.84 Å². The second kappa shape index (κ2) is 4.50. The van der Waals surface area contributed by atoms with E-state index in [1.807, 2.05) is 30.3 Å². The number of nitrogens with two attached hydrogens (primary N) is 1. The number of hydrogen-bond donors (Lipinski definition) is 1. The highest BCUT2D eigenvalue weighted by Gasteiger charge is 2.18. The van der Waals surface area contributed by atoms with E-state index >= 15 is 0 Å². The lowest BCUT2D eigenvalue weighted by Crippen LogP contribution is -2.34. The summed E-state index contributed by atoms with van der Waals surface area (Å²) < 4.78 is 3.55. The van der Waals surface area contributed by atoms with E-state index in [1.165, 1.54) is 15.3 Å². The average molecular weight is 309 g/mol. The summed E-state index contributed by atoms with van der Waals surface area (Å²) in [4.78, 5) is 24.9. The van der Waals surface area contributed by atoms with Gasteiger partial charge in [0.15, 0.2) is 5.65 Å². The molecule has 0 radical (unpaired) electrons. The van der Waals surface area contributed by atoms with Gasteiger partial charge >= 0.3 is 0 Å². The van der Waals surface area contributed by atoms with Crippen LogP contribution in [0.25, 0.3) is 22.5 Å². The van der Waals surface area contributed by atoms with Gasteiger partial charge in [-0.15, -0.1) is 10.2 Å². The Bertz CT molecular complexity index is 1170. The van der Waals surface area contributed by atoms with Crippen molar-refractivity contribution >= 4 is 16.8 Å². The predicted molar refractivity (Wildman–Crippen MR) is 83.0 cm³/mol. The Labute approximate surface area is 128 Å². The highest BCUT2D eigenvalue weighted by molar-refractivity contribution is 5.78. The fourth-order valence-corrected chi connectivity index (χ4v) is 2.49. The molecule has 0 spiro atoms. The molecule has 4 rings (SSSR count). The molecule has 9 heteroatoms. The highest BCUT2D eigenvalue weighted by Crippen LogP contribution is 2.15. The van der Waals surface area contributed by atoms with E-state index in [-0.39, 0.29) is 16.9 Å². The number of nitrogens with zero attached hydrogens (tertiary/aromatic N) is 6. The summed E-state index contributed by atoms with van der Waals surface area (Å²) in [6.07, 6.45) is 1.38. The summed E-state index contributed by atoms with van der Waals surface area (Å²) in [5.41, 5.74) is 0.306. The molecule has 0 amide bonds. The largest absolute Gasteiger partial charge is 0.333 e. The number of nitrogen functional groups attached to an aromatic ring is 1. The average Bonchev–Trinajstić information content (AvgIpc) is 3.01. The summed E-state index contributed by atoms with van der Waals surface area (Å²) in [5, 5.41) is 12.1. The van der Waals surface area contributed by atoms with Gasteiger partial charge in [0.05, 0.1) is 11.9 Å². The van der Waals surface area contributed by atoms with Crippen molar-refractivity contribution in [2.45, 2.75) is 6.92 Å². The van der Waals surface area contributed by atoms with Crippen LogP contribution < -0.4 is 17.0 Å². The first kappa shape index (κ1) is 13.2. The van der Waals surface area contributed by atoms with Crippen LogP contribution in [-0.4, -0.2) is 29.1 Å². The third kappa shape index (κ3) is 1.70. The van der Waals surface area contributed by atoms with Crippen LogP contribution in [-0.2, 0) is 0 Å². The second-order valence-corrected chi connectivity index (χ2v) is 5.03. The zero-order valence-electron chi connectivity index (χ0n) is 12.0. The van der Waals surface area contributed by atoms with E-state index in [1.54, 1.807) is 6.92 Å². The molecule has 3 heterocycles. The highest BCUT2D eigenvalue weighted by atomic mass is 16.1. The standard InChI is InChI=1S/C14H11N7O2/c1-8-12(22)19-11-10(13(23)20(15)14(19)18-17-8)7-16-21(11)9-5-3-2-4-6-9/h2-7H,15H2,1H3. The Morgan fingerprint density at radius 2 is 1.78 bits per heavy atom. The zero-order chi connectivity index (χ0) is 16.1. The third-order valence-electron chi connectivity index (χ3n) is 3.62. The molecule has 0 unspecified atom stereocenters. The molecule has 1 aromatic carbocycles. The molecular formula is C14H11N7O2. The molecule has 114 valence electrons. The molecule has 0 saturated heterocycles. The van der Waals surface area contributed by atoms with Gasteiger partial charge in [-0.05, 0) is 19.1 Å². The van der Waals surface area contributed by atoms with Crippen molar-refractivity contribution in [1.82, 2.24) is 29.1 Å². The maximum absolute atomic E-state index is 12.5. The Kier molecular flexibility index (Phi) is 2.58. The number of hydrogen-bond acceptors (Lipinski definition) is 6. The van der Waals surface area contributed by atoms with Crippen LogP contribution in [0.15, 0.2) is 46.1 Å². The van der Waals surface area contributed by atoms with Gasteiger partial charge in [-0.1, -0.05) is 18.2 Å². The van der Waals surface area contributed by atoms with Crippen LogP contribution in [0.1, 0.15) is 5.69 Å². The predicted octanol–water partition coefficient (Wildman–Crippen LogP) is -0.388. The van der Waals surface area contributed by atoms with Crippen LogP contribution in [0.5, 0.6) is 0 Å². The van der Waals surface area contributed by atoms with Crippen LogP contribution in [0, 0.1) is 6.92 Å². The summed E-state index contributed by atoms with van der Waals surface area (Å²) in [6, 6.07) is 9.17. The molecule has 0 fully saturated rings. The summed E-state index contributed by atoms with van der Waals surface area (Å²) in [7, 11) is 0.